The zero-order valence-electron chi connectivity index (χ0n) is 6.01. The normalized spacial score (nSPS) is 22.6. The molecule has 1 rings (SSSR count). The van der Waals surface area contributed by atoms with Crippen LogP contribution in [0, 0.1) is 0 Å². The van der Waals surface area contributed by atoms with Gasteiger partial charge in [-0.2, -0.15) is 0 Å². The van der Waals surface area contributed by atoms with E-state index in [1.54, 1.807) is 0 Å². The van der Waals surface area contributed by atoms with Crippen molar-refractivity contribution in [2.24, 2.45) is 0 Å². The third kappa shape index (κ3) is 1.81. The molecule has 11 heavy (non-hydrogen) atoms. The average Bonchev–Trinajstić information content (AvgIpc) is 2.37. The van der Waals surface area contributed by atoms with Gasteiger partial charge in [0.2, 0.25) is 0 Å². The first-order valence-electron chi connectivity index (χ1n) is 3.14. The molecule has 1 fully saturated rings. The Morgan fingerprint density at radius 2 is 2.55 bits per heavy atom. The first-order valence-corrected chi connectivity index (χ1v) is 3.14. The monoisotopic (exact) mass is 159 g/mol. The second-order valence-electron chi connectivity index (χ2n) is 2.05. The third-order valence-corrected chi connectivity index (χ3v) is 1.27. The van der Waals surface area contributed by atoms with Crippen LogP contribution >= 0.6 is 0 Å². The number of urea groups is 1. The number of hydrogen-bond acceptors (Lipinski definition) is 3. The molecule has 62 valence electrons. The molecule has 0 aromatic heterocycles. The fraction of sp³-hybridized carbons (Fsp3) is 0.600. The van der Waals surface area contributed by atoms with Crippen LogP contribution in [0.3, 0.4) is 0 Å². The van der Waals surface area contributed by atoms with E-state index in [4.69, 9.17) is 0 Å². The highest BCUT2D eigenvalue weighted by Crippen LogP contribution is 1.92. The van der Waals surface area contributed by atoms with Crippen molar-refractivity contribution in [3.8, 4) is 0 Å². The number of hydroxylamine groups is 1. The van der Waals surface area contributed by atoms with E-state index >= 15 is 0 Å². The van der Waals surface area contributed by atoms with E-state index in [0.29, 0.717) is 0 Å². The van der Waals surface area contributed by atoms with Crippen molar-refractivity contribution in [3.05, 3.63) is 0 Å². The Morgan fingerprint density at radius 1 is 1.82 bits per heavy atom. The summed E-state index contributed by atoms with van der Waals surface area (Å²) >= 11 is 0. The van der Waals surface area contributed by atoms with Crippen LogP contribution in [-0.2, 0) is 9.63 Å². The summed E-state index contributed by atoms with van der Waals surface area (Å²) in [5.41, 5.74) is 2.12. The highest BCUT2D eigenvalue weighted by atomic mass is 16.7. The van der Waals surface area contributed by atoms with E-state index in [9.17, 15) is 9.59 Å². The summed E-state index contributed by atoms with van der Waals surface area (Å²) in [7, 11) is 1.48. The van der Waals surface area contributed by atoms with Gasteiger partial charge in [-0.25, -0.2) is 10.3 Å². The number of carbonyl (C=O) groups is 2. The van der Waals surface area contributed by atoms with Crippen molar-refractivity contribution in [2.45, 2.75) is 6.04 Å². The van der Waals surface area contributed by atoms with Crippen molar-refractivity contribution in [3.63, 3.8) is 0 Å². The van der Waals surface area contributed by atoms with Crippen LogP contribution in [0.25, 0.3) is 0 Å². The standard InChI is InChI=1S/C5H9N3O3/c1-6-5(10)7-3-2-11-8-4(3)9/h3H,2H2,1H3,(H,8,9)(H2,6,7,10)/t3-/m1/s1. The van der Waals surface area contributed by atoms with Crippen LogP contribution in [0.15, 0.2) is 0 Å². The van der Waals surface area contributed by atoms with Gasteiger partial charge >= 0.3 is 6.03 Å². The maximum atomic E-state index is 10.7. The minimum Gasteiger partial charge on any atom is -0.341 e. The van der Waals surface area contributed by atoms with E-state index in [-0.39, 0.29) is 12.5 Å². The zero-order valence-corrected chi connectivity index (χ0v) is 6.01. The van der Waals surface area contributed by atoms with E-state index in [1.807, 2.05) is 0 Å². The average molecular weight is 159 g/mol. The minimum atomic E-state index is -0.574. The maximum absolute atomic E-state index is 10.7. The highest BCUT2D eigenvalue weighted by molar-refractivity contribution is 5.87. The van der Waals surface area contributed by atoms with Gasteiger partial charge in [0.15, 0.2) is 0 Å². The first-order chi connectivity index (χ1) is 5.24. The molecule has 3 N–H and O–H groups in total. The molecule has 0 aromatic carbocycles. The van der Waals surface area contributed by atoms with Crippen molar-refractivity contribution in [2.75, 3.05) is 13.7 Å². The quantitative estimate of drug-likeness (QED) is 0.428. The van der Waals surface area contributed by atoms with Gasteiger partial charge in [-0.1, -0.05) is 0 Å². The molecule has 6 nitrogen and oxygen atoms in total. The zero-order chi connectivity index (χ0) is 8.27. The van der Waals surface area contributed by atoms with Crippen LogP contribution in [0.5, 0.6) is 0 Å². The van der Waals surface area contributed by atoms with Crippen molar-refractivity contribution >= 4 is 11.9 Å². The Bertz CT molecular complexity index is 182. The molecule has 1 aliphatic heterocycles. The highest BCUT2D eigenvalue weighted by Gasteiger charge is 2.26. The fourth-order valence-electron chi connectivity index (χ4n) is 0.681. The van der Waals surface area contributed by atoms with Gasteiger partial charge < -0.3 is 10.6 Å². The Balaban J connectivity index is 2.36. The molecule has 1 saturated heterocycles. The van der Waals surface area contributed by atoms with Crippen LogP contribution in [0.2, 0.25) is 0 Å². The van der Waals surface area contributed by atoms with Gasteiger partial charge in [-0.15, -0.1) is 0 Å². The molecule has 0 unspecified atom stereocenters. The lowest BCUT2D eigenvalue weighted by atomic mass is 10.3. The number of rotatable bonds is 1. The number of hydrogen-bond donors (Lipinski definition) is 3. The lowest BCUT2D eigenvalue weighted by Gasteiger charge is -2.06. The van der Waals surface area contributed by atoms with E-state index < -0.39 is 12.1 Å². The molecule has 3 amide bonds. The lowest BCUT2D eigenvalue weighted by molar-refractivity contribution is -0.124. The Hall–Kier alpha value is -1.30. The molecule has 0 aromatic rings. The number of nitrogens with one attached hydrogen (secondary N) is 3. The lowest BCUT2D eigenvalue weighted by Crippen LogP contribution is -2.45. The molecule has 0 aliphatic carbocycles. The summed E-state index contributed by atoms with van der Waals surface area (Å²) in [5.74, 6) is -0.325. The summed E-state index contributed by atoms with van der Waals surface area (Å²) < 4.78 is 0. The molecular weight excluding hydrogens is 150 g/mol. The SMILES string of the molecule is CNC(=O)N[C@@H]1CONC1=O. The summed E-state index contributed by atoms with van der Waals surface area (Å²) in [6, 6.07) is -0.967. The predicted molar refractivity (Wildman–Crippen MR) is 35.5 cm³/mol. The van der Waals surface area contributed by atoms with Crippen LogP contribution in [-0.4, -0.2) is 31.6 Å². The summed E-state index contributed by atoms with van der Waals surface area (Å²) in [4.78, 5) is 26.0. The molecule has 6 heteroatoms. The molecule has 0 saturated carbocycles. The van der Waals surface area contributed by atoms with Crippen molar-refractivity contribution in [1.82, 2.24) is 16.1 Å². The van der Waals surface area contributed by atoms with Gasteiger partial charge in [0.25, 0.3) is 5.91 Å². The van der Waals surface area contributed by atoms with Gasteiger partial charge in [0.05, 0.1) is 0 Å². The minimum absolute atomic E-state index is 0.173. The summed E-state index contributed by atoms with van der Waals surface area (Å²) in [6.45, 7) is 0.173. The second-order valence-corrected chi connectivity index (χ2v) is 2.05. The second kappa shape index (κ2) is 3.20. The molecular formula is C5H9N3O3. The Morgan fingerprint density at radius 3 is 3.00 bits per heavy atom. The van der Waals surface area contributed by atoms with Crippen LogP contribution in [0.4, 0.5) is 4.79 Å². The molecule has 0 radical (unpaired) electrons. The molecule has 0 bridgehead atoms. The van der Waals surface area contributed by atoms with Crippen LogP contribution < -0.4 is 16.1 Å². The fourth-order valence-corrected chi connectivity index (χ4v) is 0.681. The largest absolute Gasteiger partial charge is 0.341 e. The first kappa shape index (κ1) is 7.80. The third-order valence-electron chi connectivity index (χ3n) is 1.27. The van der Waals surface area contributed by atoms with E-state index in [0.717, 1.165) is 0 Å². The maximum Gasteiger partial charge on any atom is 0.315 e. The van der Waals surface area contributed by atoms with Gasteiger partial charge in [-0.3, -0.25) is 9.63 Å². The van der Waals surface area contributed by atoms with E-state index in [1.165, 1.54) is 7.05 Å². The van der Waals surface area contributed by atoms with Crippen molar-refractivity contribution in [1.29, 1.82) is 0 Å². The predicted octanol–water partition coefficient (Wildman–Crippen LogP) is -1.65. The van der Waals surface area contributed by atoms with Crippen molar-refractivity contribution < 1.29 is 14.4 Å². The molecule has 1 heterocycles. The molecule has 0 spiro atoms. The van der Waals surface area contributed by atoms with Gasteiger partial charge in [-0.05, 0) is 0 Å². The summed E-state index contributed by atoms with van der Waals surface area (Å²) in [5, 5.41) is 4.72. The van der Waals surface area contributed by atoms with Gasteiger partial charge in [0.1, 0.15) is 12.6 Å². The molecule has 1 aliphatic rings. The Kier molecular flexibility index (Phi) is 2.27. The molecule has 1 atom stereocenters. The van der Waals surface area contributed by atoms with E-state index in [2.05, 4.69) is 21.0 Å². The van der Waals surface area contributed by atoms with Gasteiger partial charge in [0, 0.05) is 7.05 Å². The summed E-state index contributed by atoms with van der Waals surface area (Å²) in [6.07, 6.45) is 0. The Labute approximate surface area is 63.2 Å². The topological polar surface area (TPSA) is 79.5 Å². The number of amides is 3. The smallest absolute Gasteiger partial charge is 0.315 e. The van der Waals surface area contributed by atoms with Crippen LogP contribution in [0.1, 0.15) is 0 Å². The number of carbonyl (C=O) groups excluding carboxylic acids is 2.